The van der Waals surface area contributed by atoms with Crippen LogP contribution >= 0.6 is 0 Å². The van der Waals surface area contributed by atoms with E-state index < -0.39 is 5.41 Å². The molecule has 4 fully saturated rings. The number of amides is 2. The van der Waals surface area contributed by atoms with Gasteiger partial charge in [-0.25, -0.2) is 0 Å². The van der Waals surface area contributed by atoms with E-state index in [-0.39, 0.29) is 11.3 Å². The minimum absolute atomic E-state index is 0.0449. The molecule has 1 saturated heterocycles. The number of likely N-dealkylation sites (tertiary alicyclic amines) is 1. The van der Waals surface area contributed by atoms with Crippen molar-refractivity contribution in [3.8, 4) is 0 Å². The Morgan fingerprint density at radius 3 is 2.40 bits per heavy atom. The number of carbonyl (C=O) groups excluding carboxylic acids is 2. The predicted octanol–water partition coefficient (Wildman–Crippen LogP) is 6.92. The molecule has 4 aliphatic rings. The summed E-state index contributed by atoms with van der Waals surface area (Å²) >= 11 is 0. The second-order valence-corrected chi connectivity index (χ2v) is 13.5. The van der Waals surface area contributed by atoms with Crippen LogP contribution in [0, 0.1) is 34.0 Å². The summed E-state index contributed by atoms with van der Waals surface area (Å²) in [6.45, 7) is 10.9. The highest BCUT2D eigenvalue weighted by Gasteiger charge is 2.60. The van der Waals surface area contributed by atoms with Gasteiger partial charge in [0.15, 0.2) is 0 Å². The predicted molar refractivity (Wildman–Crippen MR) is 143 cm³/mol. The van der Waals surface area contributed by atoms with E-state index in [0.29, 0.717) is 17.4 Å². The van der Waals surface area contributed by atoms with E-state index in [1.54, 1.807) is 5.57 Å². The van der Waals surface area contributed by atoms with Crippen molar-refractivity contribution in [3.63, 3.8) is 0 Å². The van der Waals surface area contributed by atoms with Crippen LogP contribution in [-0.4, -0.2) is 29.8 Å². The number of allylic oxidation sites excluding steroid dienone is 1. The third-order valence-electron chi connectivity index (χ3n) is 10.6. The van der Waals surface area contributed by atoms with Crippen LogP contribution in [0.25, 0.3) is 6.08 Å². The fraction of sp³-hybridized carbons (Fsp3) is 0.677. The van der Waals surface area contributed by atoms with Crippen LogP contribution in [0.5, 0.6) is 0 Å². The number of piperidine rings is 1. The first-order chi connectivity index (χ1) is 16.4. The number of anilines is 1. The van der Waals surface area contributed by atoms with Gasteiger partial charge in [0.1, 0.15) is 0 Å². The SMILES string of the molecule is CN1C(=O)CC[C@]2(C)[C@H]3CC[C@]4(C)/C(=C/c5ccc(NC(=O)C(C)(C)C)cc5)CC[C@H]4[C@@H]3CC[C@@H]12. The standard InChI is InChI=1S/C31H44N2O2/c1-29(2,3)28(35)32-22-10-7-20(8-11-22)19-21-9-13-24-23-12-14-26-31(5,18-16-27(34)33(26)6)25(23)15-17-30(21,24)4/h7-8,10-11,19,23-26H,9,12-18H2,1-6H3,(H,32,35)/b21-19+/t23-,24-,25-,26+,30+,31+/m0/s1. The Labute approximate surface area is 211 Å². The van der Waals surface area contributed by atoms with Crippen LogP contribution in [-0.2, 0) is 9.59 Å². The first-order valence-corrected chi connectivity index (χ1v) is 13.8. The van der Waals surface area contributed by atoms with Crippen molar-refractivity contribution < 1.29 is 9.59 Å². The summed E-state index contributed by atoms with van der Waals surface area (Å²) in [5.74, 6) is 2.70. The number of carbonyl (C=O) groups is 2. The number of nitrogens with zero attached hydrogens (tertiary/aromatic N) is 1. The van der Waals surface area contributed by atoms with Crippen molar-refractivity contribution in [2.45, 2.75) is 92.0 Å². The summed E-state index contributed by atoms with van der Waals surface area (Å²) < 4.78 is 0. The van der Waals surface area contributed by atoms with Crippen LogP contribution in [0.3, 0.4) is 0 Å². The number of hydrogen-bond acceptors (Lipinski definition) is 2. The number of benzene rings is 1. The molecule has 0 spiro atoms. The molecule has 3 saturated carbocycles. The molecule has 5 rings (SSSR count). The van der Waals surface area contributed by atoms with Gasteiger partial charge in [-0.05, 0) is 91.2 Å². The molecule has 0 aromatic heterocycles. The summed E-state index contributed by atoms with van der Waals surface area (Å²) in [7, 11) is 2.05. The highest BCUT2D eigenvalue weighted by Crippen LogP contribution is 2.66. The molecule has 1 heterocycles. The molecule has 1 aromatic carbocycles. The molecule has 3 aliphatic carbocycles. The van der Waals surface area contributed by atoms with Gasteiger partial charge in [0, 0.05) is 30.6 Å². The molecule has 6 atom stereocenters. The number of hydrogen-bond donors (Lipinski definition) is 1. The average molecular weight is 477 g/mol. The Morgan fingerprint density at radius 2 is 1.71 bits per heavy atom. The van der Waals surface area contributed by atoms with Crippen molar-refractivity contribution in [2.24, 2.45) is 34.0 Å². The van der Waals surface area contributed by atoms with Gasteiger partial charge in [-0.15, -0.1) is 0 Å². The maximum Gasteiger partial charge on any atom is 0.229 e. The Balaban J connectivity index is 1.33. The van der Waals surface area contributed by atoms with E-state index in [1.807, 2.05) is 40.0 Å². The number of fused-ring (bicyclic) bond motifs is 5. The van der Waals surface area contributed by atoms with Gasteiger partial charge in [-0.3, -0.25) is 9.59 Å². The Hall–Kier alpha value is -2.10. The largest absolute Gasteiger partial charge is 0.342 e. The summed E-state index contributed by atoms with van der Waals surface area (Å²) in [6, 6.07) is 8.79. The Morgan fingerprint density at radius 1 is 1.00 bits per heavy atom. The summed E-state index contributed by atoms with van der Waals surface area (Å²) in [5, 5.41) is 3.03. The molecule has 190 valence electrons. The van der Waals surface area contributed by atoms with E-state index in [4.69, 9.17) is 0 Å². The summed E-state index contributed by atoms with van der Waals surface area (Å²) in [6.07, 6.45) is 11.8. The lowest BCUT2D eigenvalue weighted by molar-refractivity contribution is -0.156. The van der Waals surface area contributed by atoms with Gasteiger partial charge in [-0.1, -0.05) is 58.4 Å². The second-order valence-electron chi connectivity index (χ2n) is 13.5. The third-order valence-corrected chi connectivity index (χ3v) is 10.6. The molecular weight excluding hydrogens is 432 g/mol. The van der Waals surface area contributed by atoms with E-state index in [9.17, 15) is 9.59 Å². The Bertz CT molecular complexity index is 1040. The molecule has 1 aromatic rings. The molecule has 1 aliphatic heterocycles. The van der Waals surface area contributed by atoms with Crippen LogP contribution in [0.4, 0.5) is 5.69 Å². The van der Waals surface area contributed by atoms with E-state index in [1.165, 1.54) is 44.1 Å². The quantitative estimate of drug-likeness (QED) is 0.504. The maximum atomic E-state index is 12.4. The number of nitrogens with one attached hydrogen (secondary N) is 1. The van der Waals surface area contributed by atoms with Crippen LogP contribution in [0.15, 0.2) is 29.8 Å². The molecule has 2 amide bonds. The van der Waals surface area contributed by atoms with Crippen molar-refractivity contribution in [3.05, 3.63) is 35.4 Å². The normalized spacial score (nSPS) is 38.1. The topological polar surface area (TPSA) is 49.4 Å². The Kier molecular flexibility index (Phi) is 5.96. The number of rotatable bonds is 2. The zero-order valence-electron chi connectivity index (χ0n) is 22.6. The minimum atomic E-state index is -0.397. The molecule has 0 bridgehead atoms. The monoisotopic (exact) mass is 476 g/mol. The van der Waals surface area contributed by atoms with E-state index in [2.05, 4.69) is 42.3 Å². The lowest BCUT2D eigenvalue weighted by atomic mass is 9.47. The summed E-state index contributed by atoms with van der Waals surface area (Å²) in [5.41, 5.74) is 3.90. The molecule has 4 heteroatoms. The molecule has 0 radical (unpaired) electrons. The molecule has 35 heavy (non-hydrogen) atoms. The van der Waals surface area contributed by atoms with Crippen LogP contribution in [0.1, 0.15) is 91.5 Å². The molecule has 0 unspecified atom stereocenters. The van der Waals surface area contributed by atoms with Gasteiger partial charge >= 0.3 is 0 Å². The zero-order chi connectivity index (χ0) is 25.2. The first kappa shape index (κ1) is 24.6. The van der Waals surface area contributed by atoms with Gasteiger partial charge in [0.25, 0.3) is 0 Å². The van der Waals surface area contributed by atoms with Crippen LogP contribution in [0.2, 0.25) is 0 Å². The highest BCUT2D eigenvalue weighted by atomic mass is 16.2. The molecule has 4 nitrogen and oxygen atoms in total. The van der Waals surface area contributed by atoms with E-state index in [0.717, 1.165) is 36.3 Å². The summed E-state index contributed by atoms with van der Waals surface area (Å²) in [4.78, 5) is 26.8. The molecule has 1 N–H and O–H groups in total. The van der Waals surface area contributed by atoms with Crippen molar-refractivity contribution in [1.29, 1.82) is 0 Å². The van der Waals surface area contributed by atoms with Gasteiger partial charge in [0.2, 0.25) is 11.8 Å². The fourth-order valence-corrected chi connectivity index (χ4v) is 8.42. The van der Waals surface area contributed by atoms with Gasteiger partial charge < -0.3 is 10.2 Å². The van der Waals surface area contributed by atoms with Crippen molar-refractivity contribution in [2.75, 3.05) is 12.4 Å². The lowest BCUT2D eigenvalue weighted by Gasteiger charge is -2.61. The average Bonchev–Trinajstić information content (AvgIpc) is 3.13. The van der Waals surface area contributed by atoms with Gasteiger partial charge in [-0.2, -0.15) is 0 Å². The highest BCUT2D eigenvalue weighted by molar-refractivity contribution is 5.94. The zero-order valence-corrected chi connectivity index (χ0v) is 22.6. The van der Waals surface area contributed by atoms with Crippen LogP contribution < -0.4 is 5.32 Å². The van der Waals surface area contributed by atoms with E-state index >= 15 is 0 Å². The third kappa shape index (κ3) is 4.05. The molecular formula is C31H44N2O2. The first-order valence-electron chi connectivity index (χ1n) is 13.8. The minimum Gasteiger partial charge on any atom is -0.342 e. The van der Waals surface area contributed by atoms with Gasteiger partial charge in [0.05, 0.1) is 0 Å². The lowest BCUT2D eigenvalue weighted by Crippen LogP contribution is -2.61. The maximum absolute atomic E-state index is 12.4. The fourth-order valence-electron chi connectivity index (χ4n) is 8.42. The van der Waals surface area contributed by atoms with Crippen molar-refractivity contribution >= 4 is 23.6 Å². The smallest absolute Gasteiger partial charge is 0.229 e. The second kappa shape index (κ2) is 8.49. The van der Waals surface area contributed by atoms with Crippen molar-refractivity contribution in [1.82, 2.24) is 4.90 Å².